The SMILES string of the molecule is CC(C)N1CCC(Oc2ccc(C3(N(C)C(=O)OC(C)(C)C)CCOCC3)cc2)CC1. The zero-order chi connectivity index (χ0) is 22.6. The van der Waals surface area contributed by atoms with Crippen molar-refractivity contribution in [2.24, 2.45) is 0 Å². The number of ether oxygens (including phenoxy) is 3. The van der Waals surface area contributed by atoms with Gasteiger partial charge >= 0.3 is 6.09 Å². The van der Waals surface area contributed by atoms with E-state index in [4.69, 9.17) is 14.2 Å². The second-order valence-corrected chi connectivity index (χ2v) is 10.2. The fraction of sp³-hybridized carbons (Fsp3) is 0.720. The van der Waals surface area contributed by atoms with Crippen LogP contribution in [0.1, 0.15) is 65.9 Å². The Kier molecular flexibility index (Phi) is 7.53. The summed E-state index contributed by atoms with van der Waals surface area (Å²) < 4.78 is 17.6. The van der Waals surface area contributed by atoms with Gasteiger partial charge in [-0.3, -0.25) is 0 Å². The summed E-state index contributed by atoms with van der Waals surface area (Å²) in [4.78, 5) is 17.1. The summed E-state index contributed by atoms with van der Waals surface area (Å²) >= 11 is 0. The largest absolute Gasteiger partial charge is 0.490 e. The fourth-order valence-electron chi connectivity index (χ4n) is 4.58. The van der Waals surface area contributed by atoms with Gasteiger partial charge in [-0.1, -0.05) is 12.1 Å². The van der Waals surface area contributed by atoms with Crippen LogP contribution >= 0.6 is 0 Å². The van der Waals surface area contributed by atoms with E-state index in [0.29, 0.717) is 19.3 Å². The third-order valence-electron chi connectivity index (χ3n) is 6.53. The molecule has 2 saturated heterocycles. The molecule has 0 unspecified atom stereocenters. The molecule has 3 rings (SSSR count). The highest BCUT2D eigenvalue weighted by atomic mass is 16.6. The number of carbonyl (C=O) groups is 1. The number of nitrogens with zero attached hydrogens (tertiary/aromatic N) is 2. The Labute approximate surface area is 187 Å². The van der Waals surface area contributed by atoms with Gasteiger partial charge in [0.05, 0.1) is 5.54 Å². The van der Waals surface area contributed by atoms with Crippen LogP contribution < -0.4 is 4.74 Å². The number of amides is 1. The van der Waals surface area contributed by atoms with E-state index in [2.05, 4.69) is 30.9 Å². The molecule has 1 aromatic rings. The fourth-order valence-corrected chi connectivity index (χ4v) is 4.58. The minimum Gasteiger partial charge on any atom is -0.490 e. The zero-order valence-electron chi connectivity index (χ0n) is 20.1. The van der Waals surface area contributed by atoms with Crippen LogP contribution in [0.5, 0.6) is 5.75 Å². The van der Waals surface area contributed by atoms with Gasteiger partial charge in [0, 0.05) is 39.4 Å². The number of benzene rings is 1. The molecule has 2 fully saturated rings. The highest BCUT2D eigenvalue weighted by Crippen LogP contribution is 2.39. The predicted molar refractivity (Wildman–Crippen MR) is 123 cm³/mol. The maximum absolute atomic E-state index is 12.9. The third-order valence-corrected chi connectivity index (χ3v) is 6.53. The monoisotopic (exact) mass is 432 g/mol. The first-order valence-corrected chi connectivity index (χ1v) is 11.7. The standard InChI is InChI=1S/C25H40N2O4/c1-19(2)27-15-11-22(12-16-27)30-21-9-7-20(8-10-21)25(13-17-29-18-14-25)26(6)23(28)31-24(3,4)5/h7-10,19,22H,11-18H2,1-6H3. The van der Waals surface area contributed by atoms with Crippen molar-refractivity contribution >= 4 is 6.09 Å². The van der Waals surface area contributed by atoms with Gasteiger partial charge in [0.2, 0.25) is 0 Å². The maximum Gasteiger partial charge on any atom is 0.410 e. The molecule has 0 radical (unpaired) electrons. The van der Waals surface area contributed by atoms with E-state index in [1.807, 2.05) is 40.0 Å². The van der Waals surface area contributed by atoms with Gasteiger partial charge in [0.25, 0.3) is 0 Å². The molecule has 2 aliphatic heterocycles. The van der Waals surface area contributed by atoms with Crippen LogP contribution in [0.2, 0.25) is 0 Å². The van der Waals surface area contributed by atoms with Gasteiger partial charge in [-0.05, 0) is 78.0 Å². The van der Waals surface area contributed by atoms with Crippen LogP contribution in [0.25, 0.3) is 0 Å². The predicted octanol–water partition coefficient (Wildman–Crippen LogP) is 4.81. The summed E-state index contributed by atoms with van der Waals surface area (Å²) in [6, 6.07) is 8.89. The first-order valence-electron chi connectivity index (χ1n) is 11.7. The summed E-state index contributed by atoms with van der Waals surface area (Å²) in [5, 5.41) is 0. The molecule has 6 nitrogen and oxygen atoms in total. The van der Waals surface area contributed by atoms with Crippen LogP contribution in [0.4, 0.5) is 4.79 Å². The molecule has 1 aromatic carbocycles. The van der Waals surface area contributed by atoms with Gasteiger partial charge in [0.1, 0.15) is 17.5 Å². The van der Waals surface area contributed by atoms with Gasteiger partial charge < -0.3 is 24.0 Å². The average Bonchev–Trinajstić information content (AvgIpc) is 2.73. The Balaban J connectivity index is 1.71. The molecule has 31 heavy (non-hydrogen) atoms. The van der Waals surface area contributed by atoms with Crippen molar-refractivity contribution in [2.75, 3.05) is 33.4 Å². The molecule has 2 aliphatic rings. The van der Waals surface area contributed by atoms with Crippen molar-refractivity contribution in [3.63, 3.8) is 0 Å². The van der Waals surface area contributed by atoms with Crippen molar-refractivity contribution in [3.05, 3.63) is 29.8 Å². The lowest BCUT2D eigenvalue weighted by molar-refractivity contribution is -0.0385. The normalized spacial score (nSPS) is 20.5. The van der Waals surface area contributed by atoms with Crippen LogP contribution in [0, 0.1) is 0 Å². The highest BCUT2D eigenvalue weighted by Gasteiger charge is 2.42. The Bertz CT molecular complexity index is 712. The summed E-state index contributed by atoms with van der Waals surface area (Å²) in [6.45, 7) is 13.6. The molecule has 0 aliphatic carbocycles. The van der Waals surface area contributed by atoms with Crippen molar-refractivity contribution in [1.29, 1.82) is 0 Å². The Hall–Kier alpha value is -1.79. The molecule has 0 N–H and O–H groups in total. The van der Waals surface area contributed by atoms with Gasteiger partial charge in [-0.15, -0.1) is 0 Å². The van der Waals surface area contributed by atoms with E-state index < -0.39 is 11.1 Å². The summed E-state index contributed by atoms with van der Waals surface area (Å²) in [6.07, 6.45) is 3.58. The van der Waals surface area contributed by atoms with Crippen molar-refractivity contribution in [3.8, 4) is 5.75 Å². The zero-order valence-corrected chi connectivity index (χ0v) is 20.1. The molecule has 0 aromatic heterocycles. The van der Waals surface area contributed by atoms with E-state index >= 15 is 0 Å². The molecule has 0 saturated carbocycles. The van der Waals surface area contributed by atoms with Gasteiger partial charge in [0.15, 0.2) is 0 Å². The number of carbonyl (C=O) groups excluding carboxylic acids is 1. The Morgan fingerprint density at radius 3 is 2.23 bits per heavy atom. The lowest BCUT2D eigenvalue weighted by atomic mass is 9.81. The van der Waals surface area contributed by atoms with Crippen molar-refractivity contribution in [2.45, 2.75) is 83.6 Å². The Morgan fingerprint density at radius 1 is 1.13 bits per heavy atom. The van der Waals surface area contributed by atoms with Crippen LogP contribution in [-0.4, -0.2) is 67.0 Å². The molecule has 0 atom stereocenters. The lowest BCUT2D eigenvalue weighted by Gasteiger charge is -2.45. The molecular formula is C25H40N2O4. The molecule has 0 bridgehead atoms. The number of rotatable bonds is 5. The topological polar surface area (TPSA) is 51.2 Å². The van der Waals surface area contributed by atoms with E-state index in [0.717, 1.165) is 50.1 Å². The van der Waals surface area contributed by atoms with E-state index in [-0.39, 0.29) is 12.2 Å². The molecule has 6 heteroatoms. The first-order chi connectivity index (χ1) is 14.6. The van der Waals surface area contributed by atoms with E-state index in [9.17, 15) is 4.79 Å². The van der Waals surface area contributed by atoms with Crippen molar-refractivity contribution in [1.82, 2.24) is 9.80 Å². The van der Waals surface area contributed by atoms with Crippen LogP contribution in [0.15, 0.2) is 24.3 Å². The second kappa shape index (κ2) is 9.78. The minimum absolute atomic E-state index is 0.266. The van der Waals surface area contributed by atoms with E-state index in [1.165, 1.54) is 0 Å². The van der Waals surface area contributed by atoms with Gasteiger partial charge in [-0.25, -0.2) is 4.79 Å². The van der Waals surface area contributed by atoms with Crippen LogP contribution in [-0.2, 0) is 15.0 Å². The molecule has 0 spiro atoms. The quantitative estimate of drug-likeness (QED) is 0.668. The number of likely N-dealkylation sites (tertiary alicyclic amines) is 1. The third kappa shape index (κ3) is 5.92. The molecule has 174 valence electrons. The smallest absolute Gasteiger partial charge is 0.410 e. The van der Waals surface area contributed by atoms with Crippen molar-refractivity contribution < 1.29 is 19.0 Å². The lowest BCUT2D eigenvalue weighted by Crippen LogP contribution is -2.51. The molecular weight excluding hydrogens is 392 g/mol. The number of hydrogen-bond acceptors (Lipinski definition) is 5. The highest BCUT2D eigenvalue weighted by molar-refractivity contribution is 5.69. The maximum atomic E-state index is 12.9. The first kappa shape index (κ1) is 23.9. The van der Waals surface area contributed by atoms with Gasteiger partial charge in [-0.2, -0.15) is 0 Å². The number of piperidine rings is 1. The number of hydrogen-bond donors (Lipinski definition) is 0. The molecule has 1 amide bonds. The average molecular weight is 433 g/mol. The summed E-state index contributed by atoms with van der Waals surface area (Å²) in [5.74, 6) is 0.897. The van der Waals surface area contributed by atoms with E-state index in [1.54, 1.807) is 4.90 Å². The second-order valence-electron chi connectivity index (χ2n) is 10.2. The van der Waals surface area contributed by atoms with Crippen LogP contribution in [0.3, 0.4) is 0 Å². The Morgan fingerprint density at radius 2 is 1.71 bits per heavy atom. The molecule has 2 heterocycles. The summed E-state index contributed by atoms with van der Waals surface area (Å²) in [5.41, 5.74) is 0.147. The summed E-state index contributed by atoms with van der Waals surface area (Å²) in [7, 11) is 1.84. The minimum atomic E-state index is -0.527.